The Bertz CT molecular complexity index is 524. The second-order valence-corrected chi connectivity index (χ2v) is 5.41. The van der Waals surface area contributed by atoms with Gasteiger partial charge in [0.05, 0.1) is 18.1 Å². The molecule has 0 spiro atoms. The summed E-state index contributed by atoms with van der Waals surface area (Å²) in [5.74, 6) is -1.14. The molecule has 0 unspecified atom stereocenters. The molecule has 0 atom stereocenters. The van der Waals surface area contributed by atoms with E-state index in [-0.39, 0.29) is 22.8 Å². The maximum absolute atomic E-state index is 12.7. The number of carboxylic acids is 1. The third-order valence-corrected chi connectivity index (χ3v) is 3.24. The van der Waals surface area contributed by atoms with E-state index in [2.05, 4.69) is 0 Å². The molecule has 1 rings (SSSR count). The highest BCUT2D eigenvalue weighted by atomic mass is 35.5. The lowest BCUT2D eigenvalue weighted by atomic mass is 9.85. The summed E-state index contributed by atoms with van der Waals surface area (Å²) in [6, 6.07) is 1.59. The van der Waals surface area contributed by atoms with Crippen LogP contribution in [0.4, 0.5) is 13.2 Å². The first-order valence-electron chi connectivity index (χ1n) is 5.66. The smallest absolute Gasteiger partial charge is 0.416 e. The number of rotatable bonds is 4. The van der Waals surface area contributed by atoms with E-state index in [9.17, 15) is 18.0 Å². The Labute approximate surface area is 119 Å². The lowest BCUT2D eigenvalue weighted by Crippen LogP contribution is -2.26. The second-order valence-electron chi connectivity index (χ2n) is 5.00. The Morgan fingerprint density at radius 3 is 2.30 bits per heavy atom. The molecule has 0 bridgehead atoms. The standard InChI is InChI=1S/C13H14ClF3O3/c1-12(2,11(18)19)6-8-9(14)4-7(13(15,16)17)5-10(8)20-3/h4-5H,6H2,1-3H3,(H,18,19). The molecular weight excluding hydrogens is 297 g/mol. The molecule has 0 aliphatic carbocycles. The van der Waals surface area contributed by atoms with Crippen LogP contribution < -0.4 is 4.74 Å². The maximum Gasteiger partial charge on any atom is 0.416 e. The first kappa shape index (κ1) is 16.6. The molecule has 20 heavy (non-hydrogen) atoms. The Morgan fingerprint density at radius 2 is 1.90 bits per heavy atom. The molecule has 0 aliphatic rings. The van der Waals surface area contributed by atoms with Gasteiger partial charge in [-0.25, -0.2) is 0 Å². The zero-order chi connectivity index (χ0) is 15.7. The quantitative estimate of drug-likeness (QED) is 0.913. The number of hydrogen-bond donors (Lipinski definition) is 1. The van der Waals surface area contributed by atoms with Crippen molar-refractivity contribution in [2.24, 2.45) is 5.41 Å². The van der Waals surface area contributed by atoms with Crippen LogP contribution in [0.15, 0.2) is 12.1 Å². The number of methoxy groups -OCH3 is 1. The maximum atomic E-state index is 12.7. The molecule has 1 N–H and O–H groups in total. The van der Waals surface area contributed by atoms with Crippen LogP contribution in [0.3, 0.4) is 0 Å². The van der Waals surface area contributed by atoms with Crippen LogP contribution >= 0.6 is 11.6 Å². The second kappa shape index (κ2) is 5.52. The topological polar surface area (TPSA) is 46.5 Å². The van der Waals surface area contributed by atoms with Gasteiger partial charge in [0.1, 0.15) is 5.75 Å². The van der Waals surface area contributed by atoms with E-state index in [0.717, 1.165) is 12.1 Å². The summed E-state index contributed by atoms with van der Waals surface area (Å²) < 4.78 is 42.9. The Balaban J connectivity index is 3.32. The molecule has 0 saturated carbocycles. The molecule has 0 heterocycles. The summed E-state index contributed by atoms with van der Waals surface area (Å²) in [5.41, 5.74) is -1.86. The van der Waals surface area contributed by atoms with Gasteiger partial charge in [-0.2, -0.15) is 13.2 Å². The van der Waals surface area contributed by atoms with Crippen LogP contribution in [0, 0.1) is 5.41 Å². The summed E-state index contributed by atoms with van der Waals surface area (Å²) in [6.45, 7) is 2.92. The lowest BCUT2D eigenvalue weighted by molar-refractivity contribution is -0.146. The van der Waals surface area contributed by atoms with Crippen molar-refractivity contribution in [3.05, 3.63) is 28.3 Å². The number of benzene rings is 1. The number of aliphatic carboxylic acids is 1. The minimum absolute atomic E-state index is 0.0392. The highest BCUT2D eigenvalue weighted by Crippen LogP contribution is 2.39. The SMILES string of the molecule is COc1cc(C(F)(F)F)cc(Cl)c1CC(C)(C)C(=O)O. The van der Waals surface area contributed by atoms with E-state index < -0.39 is 23.1 Å². The predicted octanol–water partition coefficient (Wildman–Crippen LogP) is 4.02. The van der Waals surface area contributed by atoms with Crippen LogP contribution in [0.25, 0.3) is 0 Å². The van der Waals surface area contributed by atoms with Crippen molar-refractivity contribution in [2.75, 3.05) is 7.11 Å². The van der Waals surface area contributed by atoms with Gasteiger partial charge >= 0.3 is 12.1 Å². The van der Waals surface area contributed by atoms with E-state index in [1.54, 1.807) is 0 Å². The summed E-state index contributed by atoms with van der Waals surface area (Å²) >= 11 is 5.86. The molecule has 0 amide bonds. The minimum Gasteiger partial charge on any atom is -0.496 e. The van der Waals surface area contributed by atoms with Gasteiger partial charge in [0, 0.05) is 10.6 Å². The predicted molar refractivity (Wildman–Crippen MR) is 68.1 cm³/mol. The van der Waals surface area contributed by atoms with Gasteiger partial charge in [0.25, 0.3) is 0 Å². The van der Waals surface area contributed by atoms with Crippen LogP contribution in [0.5, 0.6) is 5.75 Å². The molecule has 7 heteroatoms. The van der Waals surface area contributed by atoms with Gasteiger partial charge in [-0.15, -0.1) is 0 Å². The van der Waals surface area contributed by atoms with Crippen molar-refractivity contribution in [3.63, 3.8) is 0 Å². The van der Waals surface area contributed by atoms with Gasteiger partial charge in [-0.1, -0.05) is 11.6 Å². The van der Waals surface area contributed by atoms with Gasteiger partial charge in [-0.3, -0.25) is 4.79 Å². The normalized spacial score (nSPS) is 12.3. The minimum atomic E-state index is -4.54. The fourth-order valence-corrected chi connectivity index (χ4v) is 1.92. The van der Waals surface area contributed by atoms with Crippen LogP contribution in [-0.4, -0.2) is 18.2 Å². The highest BCUT2D eigenvalue weighted by Gasteiger charge is 2.34. The third-order valence-electron chi connectivity index (χ3n) is 2.90. The van der Waals surface area contributed by atoms with E-state index in [1.165, 1.54) is 21.0 Å². The summed E-state index contributed by atoms with van der Waals surface area (Å²) in [4.78, 5) is 11.1. The van der Waals surface area contributed by atoms with Crippen LogP contribution in [0.2, 0.25) is 5.02 Å². The monoisotopic (exact) mass is 310 g/mol. The average Bonchev–Trinajstić information content (AvgIpc) is 2.29. The first-order valence-corrected chi connectivity index (χ1v) is 6.04. The first-order chi connectivity index (χ1) is 8.99. The molecule has 0 aromatic heterocycles. The van der Waals surface area contributed by atoms with Crippen molar-refractivity contribution in [1.29, 1.82) is 0 Å². The molecule has 0 fully saturated rings. The number of carboxylic acid groups (broad SMARTS) is 1. The number of hydrogen-bond acceptors (Lipinski definition) is 2. The molecule has 0 saturated heterocycles. The number of alkyl halides is 3. The summed E-state index contributed by atoms with van der Waals surface area (Å²) in [5, 5.41) is 8.92. The molecule has 0 aliphatic heterocycles. The molecular formula is C13H14ClF3O3. The van der Waals surface area contributed by atoms with Crippen molar-refractivity contribution >= 4 is 17.6 Å². The average molecular weight is 311 g/mol. The van der Waals surface area contributed by atoms with Gasteiger partial charge in [0.2, 0.25) is 0 Å². The third kappa shape index (κ3) is 3.56. The Hall–Kier alpha value is -1.43. The fourth-order valence-electron chi connectivity index (χ4n) is 1.65. The molecule has 112 valence electrons. The lowest BCUT2D eigenvalue weighted by Gasteiger charge is -2.22. The van der Waals surface area contributed by atoms with Crippen molar-refractivity contribution in [2.45, 2.75) is 26.4 Å². The van der Waals surface area contributed by atoms with E-state index in [4.69, 9.17) is 21.4 Å². The Kier molecular flexibility index (Phi) is 4.59. The van der Waals surface area contributed by atoms with Gasteiger partial charge in [-0.05, 0) is 32.4 Å². The van der Waals surface area contributed by atoms with E-state index >= 15 is 0 Å². The highest BCUT2D eigenvalue weighted by molar-refractivity contribution is 6.31. The van der Waals surface area contributed by atoms with Crippen molar-refractivity contribution in [3.8, 4) is 5.75 Å². The van der Waals surface area contributed by atoms with Gasteiger partial charge < -0.3 is 9.84 Å². The fraction of sp³-hybridized carbons (Fsp3) is 0.462. The number of carbonyl (C=O) groups is 1. The van der Waals surface area contributed by atoms with Crippen LogP contribution in [-0.2, 0) is 17.4 Å². The van der Waals surface area contributed by atoms with Crippen LogP contribution in [0.1, 0.15) is 25.0 Å². The van der Waals surface area contributed by atoms with E-state index in [0.29, 0.717) is 0 Å². The molecule has 1 aromatic carbocycles. The summed E-state index contributed by atoms with van der Waals surface area (Å²) in [6.07, 6.45) is -4.58. The summed E-state index contributed by atoms with van der Waals surface area (Å²) in [7, 11) is 1.21. The largest absolute Gasteiger partial charge is 0.496 e. The number of ether oxygens (including phenoxy) is 1. The van der Waals surface area contributed by atoms with Crippen molar-refractivity contribution < 1.29 is 27.8 Å². The Morgan fingerprint density at radius 1 is 1.35 bits per heavy atom. The zero-order valence-electron chi connectivity index (χ0n) is 11.1. The molecule has 3 nitrogen and oxygen atoms in total. The van der Waals surface area contributed by atoms with E-state index in [1.807, 2.05) is 0 Å². The van der Waals surface area contributed by atoms with Gasteiger partial charge in [0.15, 0.2) is 0 Å². The zero-order valence-corrected chi connectivity index (χ0v) is 11.9. The molecule has 1 aromatic rings. The number of halogens is 4. The molecule has 0 radical (unpaired) electrons. The van der Waals surface area contributed by atoms with Crippen molar-refractivity contribution in [1.82, 2.24) is 0 Å².